The van der Waals surface area contributed by atoms with E-state index in [9.17, 15) is 0 Å². The van der Waals surface area contributed by atoms with E-state index in [1.807, 2.05) is 0 Å². The predicted octanol–water partition coefficient (Wildman–Crippen LogP) is 9.32. The van der Waals surface area contributed by atoms with Gasteiger partial charge in [-0.25, -0.2) is 9.97 Å². The molecule has 0 fully saturated rings. The summed E-state index contributed by atoms with van der Waals surface area (Å²) in [6.07, 6.45) is 0. The molecule has 0 aliphatic heterocycles. The molecule has 3 nitrogen and oxygen atoms in total. The first-order chi connectivity index (χ1) is 19.6. The van der Waals surface area contributed by atoms with Gasteiger partial charge in [-0.15, -0.1) is 0 Å². The van der Waals surface area contributed by atoms with Crippen molar-refractivity contribution in [3.05, 3.63) is 126 Å². The fraction of sp³-hybridized carbons (Fsp3) is 0.0811. The highest BCUT2D eigenvalue weighted by molar-refractivity contribution is 6.15. The summed E-state index contributed by atoms with van der Waals surface area (Å²) in [6.45, 7) is 4.68. The van der Waals surface area contributed by atoms with Crippen LogP contribution in [-0.4, -0.2) is 14.4 Å². The minimum absolute atomic E-state index is 0.0339. The van der Waals surface area contributed by atoms with Gasteiger partial charge in [0.25, 0.3) is 0 Å². The number of para-hydroxylation sites is 3. The molecular formula is C37H25N3. The SMILES string of the molecule is CC1(C)c2ccccc2-c2ccc(-c3ccc4c5nc6ccccc6cc5c5nc6ccccc6n5c4c3)cc21. The van der Waals surface area contributed by atoms with Gasteiger partial charge < -0.3 is 0 Å². The molecule has 0 bridgehead atoms. The van der Waals surface area contributed by atoms with E-state index in [0.29, 0.717) is 0 Å². The monoisotopic (exact) mass is 511 g/mol. The Morgan fingerprint density at radius 2 is 1.27 bits per heavy atom. The third-order valence-electron chi connectivity index (χ3n) is 8.94. The summed E-state index contributed by atoms with van der Waals surface area (Å²) in [5, 5.41) is 3.34. The largest absolute Gasteiger partial charge is 0.292 e. The maximum Gasteiger partial charge on any atom is 0.147 e. The molecule has 3 heteroatoms. The summed E-state index contributed by atoms with van der Waals surface area (Å²) >= 11 is 0. The fourth-order valence-electron chi connectivity index (χ4n) is 6.92. The lowest BCUT2D eigenvalue weighted by Gasteiger charge is -2.22. The molecule has 5 aromatic carbocycles. The van der Waals surface area contributed by atoms with Crippen LogP contribution < -0.4 is 0 Å². The second-order valence-electron chi connectivity index (χ2n) is 11.5. The number of imidazole rings is 1. The van der Waals surface area contributed by atoms with Gasteiger partial charge in [0.05, 0.1) is 27.6 Å². The van der Waals surface area contributed by atoms with Gasteiger partial charge in [-0.1, -0.05) is 92.7 Å². The lowest BCUT2D eigenvalue weighted by molar-refractivity contribution is 0.660. The van der Waals surface area contributed by atoms with Gasteiger partial charge in [0, 0.05) is 21.6 Å². The Balaban J connectivity index is 1.36. The number of hydrogen-bond donors (Lipinski definition) is 0. The third-order valence-corrected chi connectivity index (χ3v) is 8.94. The van der Waals surface area contributed by atoms with Crippen LogP contribution in [0.2, 0.25) is 0 Å². The zero-order chi connectivity index (χ0) is 26.6. The van der Waals surface area contributed by atoms with Gasteiger partial charge >= 0.3 is 0 Å². The molecule has 188 valence electrons. The van der Waals surface area contributed by atoms with Crippen molar-refractivity contribution < 1.29 is 0 Å². The molecule has 1 aliphatic rings. The van der Waals surface area contributed by atoms with E-state index in [-0.39, 0.29) is 5.41 Å². The van der Waals surface area contributed by atoms with Crippen LogP contribution in [0.15, 0.2) is 115 Å². The zero-order valence-electron chi connectivity index (χ0n) is 22.3. The van der Waals surface area contributed by atoms with Gasteiger partial charge in [0.2, 0.25) is 0 Å². The fourth-order valence-corrected chi connectivity index (χ4v) is 6.92. The second-order valence-corrected chi connectivity index (χ2v) is 11.5. The van der Waals surface area contributed by atoms with E-state index in [4.69, 9.17) is 9.97 Å². The predicted molar refractivity (Wildman–Crippen MR) is 166 cm³/mol. The van der Waals surface area contributed by atoms with Crippen LogP contribution in [0.3, 0.4) is 0 Å². The minimum atomic E-state index is -0.0339. The Morgan fingerprint density at radius 1 is 0.550 bits per heavy atom. The highest BCUT2D eigenvalue weighted by Gasteiger charge is 2.35. The van der Waals surface area contributed by atoms with Crippen molar-refractivity contribution in [1.82, 2.24) is 14.4 Å². The third kappa shape index (κ3) is 2.79. The Morgan fingerprint density at radius 3 is 2.20 bits per heavy atom. The van der Waals surface area contributed by atoms with Gasteiger partial charge in [-0.2, -0.15) is 0 Å². The smallest absolute Gasteiger partial charge is 0.147 e. The number of pyridine rings is 2. The molecule has 0 unspecified atom stereocenters. The van der Waals surface area contributed by atoms with Crippen molar-refractivity contribution in [3.63, 3.8) is 0 Å². The standard InChI is InChI=1S/C37H25N3/c1-37(2)29-11-5-4-10-25(29)26-17-15-22(20-30(26)37)23-16-18-27-34(21-23)40-33-14-8-7-13-32(33)39-36(40)28-19-24-9-3-6-12-31(24)38-35(27)28/h3-21H,1-2H3. The Labute approximate surface area is 231 Å². The maximum atomic E-state index is 5.16. The molecular weight excluding hydrogens is 486 g/mol. The van der Waals surface area contributed by atoms with Crippen molar-refractivity contribution in [3.8, 4) is 22.3 Å². The van der Waals surface area contributed by atoms with Gasteiger partial charge in [-0.05, 0) is 69.8 Å². The Kier molecular flexibility index (Phi) is 4.13. The molecule has 8 aromatic rings. The summed E-state index contributed by atoms with van der Waals surface area (Å²) in [7, 11) is 0. The summed E-state index contributed by atoms with van der Waals surface area (Å²) < 4.78 is 2.32. The number of nitrogens with zero attached hydrogens (tertiary/aromatic N) is 3. The first-order valence-corrected chi connectivity index (χ1v) is 13.9. The maximum absolute atomic E-state index is 5.16. The van der Waals surface area contributed by atoms with Gasteiger partial charge in [0.15, 0.2) is 0 Å². The normalized spacial score (nSPS) is 13.9. The van der Waals surface area contributed by atoms with E-state index < -0.39 is 0 Å². The second kappa shape index (κ2) is 7.55. The van der Waals surface area contributed by atoms with Crippen LogP contribution in [0.4, 0.5) is 0 Å². The first kappa shape index (κ1) is 21.9. The Hall–Kier alpha value is -5.02. The summed E-state index contributed by atoms with van der Waals surface area (Å²) in [6, 6.07) is 41.6. The molecule has 0 N–H and O–H groups in total. The molecule has 0 atom stereocenters. The van der Waals surface area contributed by atoms with Crippen molar-refractivity contribution in [2.75, 3.05) is 0 Å². The van der Waals surface area contributed by atoms with Crippen molar-refractivity contribution in [2.24, 2.45) is 0 Å². The molecule has 40 heavy (non-hydrogen) atoms. The van der Waals surface area contributed by atoms with Crippen LogP contribution in [-0.2, 0) is 5.41 Å². The van der Waals surface area contributed by atoms with Crippen molar-refractivity contribution in [1.29, 1.82) is 0 Å². The first-order valence-electron chi connectivity index (χ1n) is 13.9. The van der Waals surface area contributed by atoms with E-state index >= 15 is 0 Å². The molecule has 0 radical (unpaired) electrons. The summed E-state index contributed by atoms with van der Waals surface area (Å²) in [4.78, 5) is 10.3. The van der Waals surface area contributed by atoms with Crippen LogP contribution >= 0.6 is 0 Å². The van der Waals surface area contributed by atoms with Gasteiger partial charge in [-0.3, -0.25) is 4.40 Å². The molecule has 3 aromatic heterocycles. The Bertz CT molecular complexity index is 2360. The van der Waals surface area contributed by atoms with Crippen molar-refractivity contribution >= 4 is 49.4 Å². The van der Waals surface area contributed by atoms with Gasteiger partial charge in [0.1, 0.15) is 5.65 Å². The summed E-state index contributed by atoms with van der Waals surface area (Å²) in [5.74, 6) is 0. The number of rotatable bonds is 1. The topological polar surface area (TPSA) is 30.2 Å². The zero-order valence-corrected chi connectivity index (χ0v) is 22.3. The number of fused-ring (bicyclic) bond motifs is 12. The van der Waals surface area contributed by atoms with Crippen LogP contribution in [0, 0.1) is 0 Å². The molecule has 0 saturated carbocycles. The molecule has 0 saturated heterocycles. The lowest BCUT2D eigenvalue weighted by atomic mass is 9.81. The summed E-state index contributed by atoms with van der Waals surface area (Å²) in [5.41, 5.74) is 14.0. The number of hydrogen-bond acceptors (Lipinski definition) is 2. The van der Waals surface area contributed by atoms with Crippen LogP contribution in [0.1, 0.15) is 25.0 Å². The van der Waals surface area contributed by atoms with E-state index in [0.717, 1.165) is 49.4 Å². The molecule has 0 spiro atoms. The van der Waals surface area contributed by atoms with Crippen LogP contribution in [0.25, 0.3) is 71.6 Å². The van der Waals surface area contributed by atoms with Crippen LogP contribution in [0.5, 0.6) is 0 Å². The molecule has 1 aliphatic carbocycles. The lowest BCUT2D eigenvalue weighted by Crippen LogP contribution is -2.14. The highest BCUT2D eigenvalue weighted by Crippen LogP contribution is 2.49. The minimum Gasteiger partial charge on any atom is -0.292 e. The number of aromatic nitrogens is 3. The average molecular weight is 512 g/mol. The average Bonchev–Trinajstić information content (AvgIpc) is 3.50. The number of benzene rings is 5. The highest BCUT2D eigenvalue weighted by atomic mass is 15.0. The molecule has 0 amide bonds. The van der Waals surface area contributed by atoms with E-state index in [1.54, 1.807) is 0 Å². The quantitative estimate of drug-likeness (QED) is 0.162. The molecule has 9 rings (SSSR count). The molecule has 3 heterocycles. The van der Waals surface area contributed by atoms with E-state index in [1.165, 1.54) is 33.4 Å². The van der Waals surface area contributed by atoms with E-state index in [2.05, 4.69) is 134 Å². The van der Waals surface area contributed by atoms with Crippen molar-refractivity contribution in [2.45, 2.75) is 19.3 Å².